The van der Waals surface area contributed by atoms with Crippen molar-refractivity contribution >= 4 is 19.7 Å². The van der Waals surface area contributed by atoms with Gasteiger partial charge >= 0.3 is 13.8 Å². The second-order valence-electron chi connectivity index (χ2n) is 10.4. The zero-order valence-corrected chi connectivity index (χ0v) is 26.2. The number of carbonyl (C=O) groups is 2. The van der Waals surface area contributed by atoms with E-state index in [1.807, 2.05) is 0 Å². The number of unbranched alkanes of at least 4 members (excludes halogenated alkanes) is 15. The molecule has 2 unspecified atom stereocenters. The first-order valence-electron chi connectivity index (χ1n) is 15.7. The van der Waals surface area contributed by atoms with Gasteiger partial charge in [-0.15, -0.1) is 0 Å². The van der Waals surface area contributed by atoms with Crippen LogP contribution in [0.1, 0.15) is 136 Å². The Morgan fingerprint density at radius 3 is 1.85 bits per heavy atom. The smallest absolute Gasteiger partial charge is 0.463 e. The molecule has 0 aromatic rings. The number of ether oxygens (including phenoxy) is 1. The maximum atomic E-state index is 11.8. The van der Waals surface area contributed by atoms with Crippen molar-refractivity contribution in [2.24, 2.45) is 0 Å². The fourth-order valence-corrected chi connectivity index (χ4v) is 4.81. The van der Waals surface area contributed by atoms with Crippen molar-refractivity contribution in [3.8, 4) is 0 Å². The number of hydrogen-bond acceptors (Lipinski definition) is 7. The molecule has 0 aliphatic heterocycles. The molecule has 1 amide bonds. The van der Waals surface area contributed by atoms with Gasteiger partial charge in [0.1, 0.15) is 12.7 Å². The molecule has 40 heavy (non-hydrogen) atoms. The van der Waals surface area contributed by atoms with Crippen LogP contribution in [0.4, 0.5) is 0 Å². The molecule has 2 atom stereocenters. The van der Waals surface area contributed by atoms with Gasteiger partial charge in [-0.2, -0.15) is 0 Å². The molecule has 0 saturated heterocycles. The van der Waals surface area contributed by atoms with Crippen LogP contribution in [0.15, 0.2) is 12.2 Å². The molecule has 0 radical (unpaired) electrons. The van der Waals surface area contributed by atoms with Crippen LogP contribution in [-0.4, -0.2) is 54.3 Å². The first-order valence-corrected chi connectivity index (χ1v) is 17.2. The monoisotopic (exact) mass is 591 g/mol. The minimum Gasteiger partial charge on any atom is -0.463 e. The summed E-state index contributed by atoms with van der Waals surface area (Å²) in [6.07, 6.45) is 25.0. The van der Waals surface area contributed by atoms with Crippen LogP contribution in [0.3, 0.4) is 0 Å². The van der Waals surface area contributed by atoms with Crippen molar-refractivity contribution in [2.45, 2.75) is 142 Å². The number of aliphatic hydroxyl groups is 1. The number of carbonyl (C=O) groups excluding carboxylic acids is 2. The minimum atomic E-state index is -4.37. The Morgan fingerprint density at radius 1 is 0.775 bits per heavy atom. The molecular formula is C30H58NO8P. The zero-order valence-electron chi connectivity index (χ0n) is 25.3. The van der Waals surface area contributed by atoms with Gasteiger partial charge in [0, 0.05) is 19.4 Å². The lowest BCUT2D eigenvalue weighted by Gasteiger charge is -2.15. The summed E-state index contributed by atoms with van der Waals surface area (Å²) in [5.41, 5.74) is 0. The second-order valence-corrected chi connectivity index (χ2v) is 11.8. The molecule has 0 heterocycles. The van der Waals surface area contributed by atoms with Crippen LogP contribution in [0.5, 0.6) is 0 Å². The van der Waals surface area contributed by atoms with Gasteiger partial charge in [0.05, 0.1) is 13.2 Å². The highest BCUT2D eigenvalue weighted by molar-refractivity contribution is 7.47. The second kappa shape index (κ2) is 27.9. The average molecular weight is 592 g/mol. The van der Waals surface area contributed by atoms with E-state index < -0.39 is 26.5 Å². The largest absolute Gasteiger partial charge is 0.472 e. The Balaban J connectivity index is 3.50. The number of phosphoric ester groups is 1. The molecule has 0 spiro atoms. The Morgan fingerprint density at radius 2 is 1.30 bits per heavy atom. The van der Waals surface area contributed by atoms with Gasteiger partial charge in [0.25, 0.3) is 0 Å². The van der Waals surface area contributed by atoms with Gasteiger partial charge in [0.15, 0.2) is 0 Å². The zero-order chi connectivity index (χ0) is 29.7. The normalized spacial score (nSPS) is 13.8. The lowest BCUT2D eigenvalue weighted by molar-refractivity contribution is -0.147. The van der Waals surface area contributed by atoms with Crippen molar-refractivity contribution in [2.75, 3.05) is 26.4 Å². The number of nitrogens with one attached hydrogen (secondary N) is 1. The number of esters is 1. The van der Waals surface area contributed by atoms with Gasteiger partial charge in [0.2, 0.25) is 5.91 Å². The molecule has 10 heteroatoms. The molecule has 0 aromatic carbocycles. The third kappa shape index (κ3) is 28.3. The summed E-state index contributed by atoms with van der Waals surface area (Å²) in [6, 6.07) is 0. The Kier molecular flexibility index (Phi) is 27.0. The van der Waals surface area contributed by atoms with E-state index in [0.29, 0.717) is 6.42 Å². The van der Waals surface area contributed by atoms with E-state index in [1.54, 1.807) is 6.92 Å². The lowest BCUT2D eigenvalue weighted by atomic mass is 10.1. The highest BCUT2D eigenvalue weighted by atomic mass is 31.2. The van der Waals surface area contributed by atoms with Crippen LogP contribution >= 0.6 is 7.82 Å². The van der Waals surface area contributed by atoms with E-state index in [4.69, 9.17) is 13.8 Å². The quantitative estimate of drug-likeness (QED) is 0.0362. The SMILES string of the molecule is CCCCCCCC/C=C/CCCCCCCCCCCC(=O)OCC(O)COP(=O)(O)OCCNC(=O)CC. The van der Waals surface area contributed by atoms with E-state index in [1.165, 1.54) is 89.9 Å². The fraction of sp³-hybridized carbons (Fsp3) is 0.867. The average Bonchev–Trinajstić information content (AvgIpc) is 2.94. The van der Waals surface area contributed by atoms with Gasteiger partial charge in [-0.3, -0.25) is 18.6 Å². The summed E-state index contributed by atoms with van der Waals surface area (Å²) in [7, 11) is -4.37. The van der Waals surface area contributed by atoms with E-state index in [9.17, 15) is 24.2 Å². The molecule has 0 aromatic heterocycles. The van der Waals surface area contributed by atoms with Crippen LogP contribution in [0, 0.1) is 0 Å². The van der Waals surface area contributed by atoms with Gasteiger partial charge in [-0.1, -0.05) is 103 Å². The predicted octanol–water partition coefficient (Wildman–Crippen LogP) is 7.15. The van der Waals surface area contributed by atoms with Gasteiger partial charge in [-0.05, 0) is 32.1 Å². The highest BCUT2D eigenvalue weighted by Crippen LogP contribution is 2.42. The molecule has 0 rings (SSSR count). The minimum absolute atomic E-state index is 0.0677. The molecule has 0 aliphatic carbocycles. The van der Waals surface area contributed by atoms with Crippen molar-refractivity contribution < 1.29 is 37.9 Å². The van der Waals surface area contributed by atoms with E-state index in [2.05, 4.69) is 24.4 Å². The van der Waals surface area contributed by atoms with Crippen LogP contribution < -0.4 is 5.32 Å². The molecule has 0 saturated carbocycles. The molecule has 0 aliphatic rings. The first kappa shape index (κ1) is 38.8. The summed E-state index contributed by atoms with van der Waals surface area (Å²) < 4.78 is 26.1. The molecular weight excluding hydrogens is 533 g/mol. The van der Waals surface area contributed by atoms with E-state index in [0.717, 1.165) is 19.3 Å². The highest BCUT2D eigenvalue weighted by Gasteiger charge is 2.23. The molecule has 0 bridgehead atoms. The standard InChI is InChI=1S/C30H58NO8P/c1-3-5-6-7-8-9-10-11-12-13-14-15-16-17-18-19-20-21-22-23-30(34)37-26-28(32)27-39-40(35,36)38-25-24-31-29(33)4-2/h11-12,28,32H,3-10,13-27H2,1-2H3,(H,31,33)(H,35,36)/b12-11+. The number of phosphoric acid groups is 1. The summed E-state index contributed by atoms with van der Waals surface area (Å²) in [4.78, 5) is 32.5. The molecule has 9 nitrogen and oxygen atoms in total. The van der Waals surface area contributed by atoms with E-state index in [-0.39, 0.29) is 32.1 Å². The number of amides is 1. The summed E-state index contributed by atoms with van der Waals surface area (Å²) >= 11 is 0. The third-order valence-corrected chi connectivity index (χ3v) is 7.49. The van der Waals surface area contributed by atoms with Crippen molar-refractivity contribution in [3.05, 3.63) is 12.2 Å². The first-order chi connectivity index (χ1) is 19.3. The Hall–Kier alpha value is -1.25. The van der Waals surface area contributed by atoms with Crippen LogP contribution in [-0.2, 0) is 27.9 Å². The number of hydrogen-bond donors (Lipinski definition) is 3. The third-order valence-electron chi connectivity index (χ3n) is 6.51. The molecule has 236 valence electrons. The number of rotatable bonds is 29. The Bertz CT molecular complexity index is 689. The van der Waals surface area contributed by atoms with Gasteiger partial charge in [-0.25, -0.2) is 4.57 Å². The molecule has 0 fully saturated rings. The van der Waals surface area contributed by atoms with E-state index >= 15 is 0 Å². The number of allylic oxidation sites excluding steroid dienone is 2. The summed E-state index contributed by atoms with van der Waals surface area (Å²) in [5, 5.41) is 12.3. The van der Waals surface area contributed by atoms with Gasteiger partial charge < -0.3 is 20.1 Å². The summed E-state index contributed by atoms with van der Waals surface area (Å²) in [6.45, 7) is 2.97. The Labute approximate surface area is 243 Å². The lowest BCUT2D eigenvalue weighted by Crippen LogP contribution is -2.26. The maximum absolute atomic E-state index is 11.8. The topological polar surface area (TPSA) is 131 Å². The summed E-state index contributed by atoms with van der Waals surface area (Å²) in [5.74, 6) is -0.608. The maximum Gasteiger partial charge on any atom is 0.472 e. The van der Waals surface area contributed by atoms with Crippen molar-refractivity contribution in [3.63, 3.8) is 0 Å². The van der Waals surface area contributed by atoms with Crippen LogP contribution in [0.2, 0.25) is 0 Å². The van der Waals surface area contributed by atoms with Crippen LogP contribution in [0.25, 0.3) is 0 Å². The number of aliphatic hydroxyl groups excluding tert-OH is 1. The fourth-order valence-electron chi connectivity index (χ4n) is 4.05. The van der Waals surface area contributed by atoms with Crippen molar-refractivity contribution in [1.29, 1.82) is 0 Å². The molecule has 3 N–H and O–H groups in total. The van der Waals surface area contributed by atoms with Crippen molar-refractivity contribution in [1.82, 2.24) is 5.32 Å². The predicted molar refractivity (Wildman–Crippen MR) is 160 cm³/mol.